The van der Waals surface area contributed by atoms with Crippen molar-refractivity contribution in [2.75, 3.05) is 0 Å². The molecule has 1 aromatic heterocycles. The van der Waals surface area contributed by atoms with Crippen LogP contribution in [0.1, 0.15) is 19.0 Å². The highest BCUT2D eigenvalue weighted by atomic mass is 16.6. The first kappa shape index (κ1) is 11.3. The third-order valence-corrected chi connectivity index (χ3v) is 4.84. The molecule has 4 heterocycles. The van der Waals surface area contributed by atoms with E-state index < -0.39 is 0 Å². The largest absolute Gasteiger partial charge is 0.361 e. The van der Waals surface area contributed by atoms with Gasteiger partial charge in [-0.25, -0.2) is 23.5 Å². The summed E-state index contributed by atoms with van der Waals surface area (Å²) in [4.78, 5) is 25.5. The highest BCUT2D eigenvalue weighted by Gasteiger charge is 2.67. The molecular weight excluding hydrogens is 270 g/mol. The second-order valence-corrected chi connectivity index (χ2v) is 5.97. The van der Waals surface area contributed by atoms with Crippen LogP contribution in [0.4, 0.5) is 0 Å². The Morgan fingerprint density at radius 1 is 1.05 bits per heavy atom. The van der Waals surface area contributed by atoms with Gasteiger partial charge in [0.25, 0.3) is 0 Å². The average molecular weight is 283 g/mol. The summed E-state index contributed by atoms with van der Waals surface area (Å²) in [5.74, 6) is 0. The molecule has 0 N–H and O–H groups in total. The van der Waals surface area contributed by atoms with Gasteiger partial charge in [0.1, 0.15) is 23.8 Å². The Morgan fingerprint density at radius 3 is 2.52 bits per heavy atom. The van der Waals surface area contributed by atoms with Gasteiger partial charge in [0.05, 0.1) is 5.69 Å². The molecule has 2 aromatic rings. The van der Waals surface area contributed by atoms with Gasteiger partial charge < -0.3 is 4.74 Å². The van der Waals surface area contributed by atoms with Crippen LogP contribution in [0.3, 0.4) is 0 Å². The molecule has 6 rings (SSSR count). The smallest absolute Gasteiger partial charge is 0.352 e. The number of epoxide rings is 1. The number of rotatable bonds is 1. The van der Waals surface area contributed by atoms with Crippen molar-refractivity contribution in [3.8, 4) is 5.69 Å². The predicted octanol–water partition coefficient (Wildman–Crippen LogP) is 0.624. The van der Waals surface area contributed by atoms with Gasteiger partial charge in [0.15, 0.2) is 0 Å². The number of ether oxygens (including phenoxy) is 1. The van der Waals surface area contributed by atoms with Crippen LogP contribution in [-0.2, 0) is 4.74 Å². The van der Waals surface area contributed by atoms with Crippen LogP contribution >= 0.6 is 0 Å². The van der Waals surface area contributed by atoms with Crippen molar-refractivity contribution in [3.05, 3.63) is 63.5 Å². The topological polar surface area (TPSA) is 61.5 Å². The van der Waals surface area contributed by atoms with Gasteiger partial charge in [-0.2, -0.15) is 0 Å². The van der Waals surface area contributed by atoms with E-state index in [1.54, 1.807) is 21.5 Å². The zero-order valence-electron chi connectivity index (χ0n) is 11.3. The van der Waals surface area contributed by atoms with E-state index >= 15 is 0 Å². The maximum atomic E-state index is 12.7. The molecule has 1 aromatic carbocycles. The summed E-state index contributed by atoms with van der Waals surface area (Å²) in [5.41, 5.74) is -0.358. The molecule has 106 valence electrons. The van der Waals surface area contributed by atoms with Crippen molar-refractivity contribution in [2.24, 2.45) is 0 Å². The van der Waals surface area contributed by atoms with Crippen LogP contribution in [0, 0.1) is 0 Å². The zero-order chi connectivity index (χ0) is 14.4. The second-order valence-electron chi connectivity index (χ2n) is 5.97. The summed E-state index contributed by atoms with van der Waals surface area (Å²) < 4.78 is 10.1. The highest BCUT2D eigenvalue weighted by molar-refractivity contribution is 5.33. The lowest BCUT2D eigenvalue weighted by Crippen LogP contribution is -2.48. The first-order chi connectivity index (χ1) is 10.1. The molecule has 2 bridgehead atoms. The van der Waals surface area contributed by atoms with Crippen molar-refractivity contribution < 1.29 is 4.74 Å². The summed E-state index contributed by atoms with van der Waals surface area (Å²) in [6.07, 6.45) is 3.95. The molecule has 0 radical (unpaired) electrons. The molecule has 2 unspecified atom stereocenters. The molecule has 1 saturated heterocycles. The van der Waals surface area contributed by atoms with Gasteiger partial charge in [0, 0.05) is 0 Å². The van der Waals surface area contributed by atoms with Crippen LogP contribution in [0.2, 0.25) is 0 Å². The van der Waals surface area contributed by atoms with Crippen LogP contribution in [0.5, 0.6) is 0 Å². The van der Waals surface area contributed by atoms with E-state index in [1.165, 1.54) is 4.57 Å². The Kier molecular flexibility index (Phi) is 1.77. The van der Waals surface area contributed by atoms with E-state index in [0.717, 1.165) is 0 Å². The second kappa shape index (κ2) is 3.28. The molecule has 1 fully saturated rings. The first-order valence-electron chi connectivity index (χ1n) is 7.00. The van der Waals surface area contributed by atoms with Gasteiger partial charge in [0.2, 0.25) is 0 Å². The number of hydrogen-bond acceptors (Lipinski definition) is 3. The van der Waals surface area contributed by atoms with Crippen molar-refractivity contribution >= 4 is 0 Å². The molecule has 3 aliphatic heterocycles. The first-order valence-corrected chi connectivity index (χ1v) is 7.00. The van der Waals surface area contributed by atoms with Crippen LogP contribution in [0.15, 0.2) is 52.1 Å². The van der Waals surface area contributed by atoms with Gasteiger partial charge >= 0.3 is 11.4 Å². The Balaban J connectivity index is 1.84. The Morgan fingerprint density at radius 2 is 1.76 bits per heavy atom. The maximum absolute atomic E-state index is 12.7. The molecule has 4 aliphatic rings. The minimum absolute atomic E-state index is 0.00350. The quantitative estimate of drug-likeness (QED) is 0.569. The molecule has 6 nitrogen and oxygen atoms in total. The highest BCUT2D eigenvalue weighted by Crippen LogP contribution is 2.56. The van der Waals surface area contributed by atoms with Crippen LogP contribution in [-0.4, -0.2) is 25.6 Å². The monoisotopic (exact) mass is 283 g/mol. The van der Waals surface area contributed by atoms with Gasteiger partial charge in [-0.1, -0.05) is 30.4 Å². The summed E-state index contributed by atoms with van der Waals surface area (Å²) in [7, 11) is 0. The summed E-state index contributed by atoms with van der Waals surface area (Å²) in [6.45, 7) is 2.00. The van der Waals surface area contributed by atoms with E-state index in [1.807, 2.05) is 37.3 Å². The minimum Gasteiger partial charge on any atom is -0.361 e. The normalized spacial score (nSPS) is 34.6. The van der Waals surface area contributed by atoms with E-state index in [9.17, 15) is 9.59 Å². The SMILES string of the molecule is CC12OC1[C@H]1C=C[C@@H]2n2c(=O)n(-c3ccccc3)c(=O)n21. The number of aromatic nitrogens is 3. The van der Waals surface area contributed by atoms with Crippen molar-refractivity contribution in [2.45, 2.75) is 30.7 Å². The van der Waals surface area contributed by atoms with Crippen LogP contribution in [0.25, 0.3) is 5.69 Å². The number of hydrogen-bond donors (Lipinski definition) is 0. The van der Waals surface area contributed by atoms with Gasteiger partial charge in [-0.05, 0) is 19.1 Å². The van der Waals surface area contributed by atoms with Crippen molar-refractivity contribution in [3.63, 3.8) is 0 Å². The zero-order valence-corrected chi connectivity index (χ0v) is 11.3. The number of nitrogens with zero attached hydrogens (tertiary/aromatic N) is 3. The molecule has 4 atom stereocenters. The lowest BCUT2D eigenvalue weighted by Gasteiger charge is -2.33. The van der Waals surface area contributed by atoms with E-state index in [0.29, 0.717) is 5.69 Å². The third kappa shape index (κ3) is 1.14. The Labute approximate surface area is 119 Å². The van der Waals surface area contributed by atoms with Gasteiger partial charge in [-0.3, -0.25) is 0 Å². The molecular formula is C15H13N3O3. The van der Waals surface area contributed by atoms with Crippen molar-refractivity contribution in [1.82, 2.24) is 13.9 Å². The molecule has 0 spiro atoms. The van der Waals surface area contributed by atoms with E-state index in [4.69, 9.17) is 4.74 Å². The van der Waals surface area contributed by atoms with Crippen LogP contribution < -0.4 is 11.4 Å². The lowest BCUT2D eigenvalue weighted by molar-refractivity contribution is 0.230. The summed E-state index contributed by atoms with van der Waals surface area (Å²) in [6, 6.07) is 8.63. The Bertz CT molecular complexity index is 904. The molecule has 0 amide bonds. The van der Waals surface area contributed by atoms with E-state index in [2.05, 4.69) is 0 Å². The standard InChI is InChI=1S/C15H13N3O3/c1-15-11-8-7-10(12(15)21-15)17-13(19)16(14(20)18(11)17)9-5-3-2-4-6-9/h2-8,10-12H,1H3/t10-,11+,12?,15?/m1/s1. The molecule has 1 aliphatic carbocycles. The summed E-state index contributed by atoms with van der Waals surface area (Å²) >= 11 is 0. The average Bonchev–Trinajstić information content (AvgIpc) is 3.16. The van der Waals surface area contributed by atoms with E-state index in [-0.39, 0.29) is 35.2 Å². The fourth-order valence-corrected chi connectivity index (χ4v) is 3.72. The molecule has 0 saturated carbocycles. The minimum atomic E-state index is -0.349. The number of benzene rings is 1. The predicted molar refractivity (Wildman–Crippen MR) is 74.8 cm³/mol. The third-order valence-electron chi connectivity index (χ3n) is 4.84. The fraction of sp³-hybridized carbons (Fsp3) is 0.333. The Hall–Kier alpha value is -2.34. The fourth-order valence-electron chi connectivity index (χ4n) is 3.72. The maximum Gasteiger partial charge on any atom is 0.352 e. The molecule has 21 heavy (non-hydrogen) atoms. The van der Waals surface area contributed by atoms with Gasteiger partial charge in [-0.15, -0.1) is 0 Å². The summed E-state index contributed by atoms with van der Waals surface area (Å²) in [5, 5.41) is 0. The lowest BCUT2D eigenvalue weighted by atomic mass is 9.86. The number of para-hydroxylation sites is 1. The van der Waals surface area contributed by atoms with Crippen molar-refractivity contribution in [1.29, 1.82) is 0 Å². The molecule has 6 heteroatoms.